The molecule has 0 amide bonds. The zero-order valence-electron chi connectivity index (χ0n) is 13.2. The van der Waals surface area contributed by atoms with Gasteiger partial charge in [-0.15, -0.1) is 0 Å². The minimum absolute atomic E-state index is 0.251. The molecule has 10 heteroatoms. The summed E-state index contributed by atoms with van der Waals surface area (Å²) < 4.78 is 77.1. The first-order valence-corrected chi connectivity index (χ1v) is 8.13. The van der Waals surface area contributed by atoms with Gasteiger partial charge in [-0.2, -0.15) is 17.6 Å². The van der Waals surface area contributed by atoms with Crippen molar-refractivity contribution < 1.29 is 41.3 Å². The number of methoxy groups -OCH3 is 1. The van der Waals surface area contributed by atoms with Crippen molar-refractivity contribution in [3.63, 3.8) is 0 Å². The molecule has 0 spiro atoms. The number of aromatic hydroxyl groups is 1. The Morgan fingerprint density at radius 2 is 1.92 bits per heavy atom. The zero-order valence-corrected chi connectivity index (χ0v) is 15.4. The smallest absolute Gasteiger partial charge is 0.417 e. The van der Waals surface area contributed by atoms with Crippen LogP contribution < -0.4 is 0 Å². The first kappa shape index (κ1) is 20.1. The summed E-state index contributed by atoms with van der Waals surface area (Å²) in [5.41, 5.74) is -3.08. The van der Waals surface area contributed by atoms with E-state index in [1.807, 2.05) is 0 Å². The molecule has 4 atom stereocenters. The second-order valence-corrected chi connectivity index (χ2v) is 7.07. The maximum atomic E-state index is 13.9. The van der Waals surface area contributed by atoms with Crippen molar-refractivity contribution in [1.29, 1.82) is 0 Å². The number of halogens is 6. The van der Waals surface area contributed by atoms with Gasteiger partial charge in [-0.3, -0.25) is 0 Å². The van der Waals surface area contributed by atoms with Crippen molar-refractivity contribution in [2.24, 2.45) is 5.92 Å². The number of hydrogen-bond acceptors (Lipinski definition) is 4. The molecule has 4 unspecified atom stereocenters. The van der Waals surface area contributed by atoms with Gasteiger partial charge in [0.05, 0.1) is 10.7 Å². The van der Waals surface area contributed by atoms with Gasteiger partial charge in [0.15, 0.2) is 23.3 Å². The molecule has 1 N–H and O–H groups in total. The van der Waals surface area contributed by atoms with Crippen LogP contribution in [0.1, 0.15) is 25.3 Å². The van der Waals surface area contributed by atoms with Gasteiger partial charge in [-0.1, -0.05) is 6.92 Å². The average molecular weight is 480 g/mol. The van der Waals surface area contributed by atoms with Gasteiger partial charge in [0.25, 0.3) is 0 Å². The third-order valence-electron chi connectivity index (χ3n) is 4.63. The first-order valence-electron chi connectivity index (χ1n) is 7.05. The highest BCUT2D eigenvalue weighted by molar-refractivity contribution is 14.1. The highest BCUT2D eigenvalue weighted by Crippen LogP contribution is 2.55. The second kappa shape index (κ2) is 6.53. The monoisotopic (exact) mass is 480 g/mol. The molecule has 0 aromatic heterocycles. The van der Waals surface area contributed by atoms with Gasteiger partial charge in [0.1, 0.15) is 0 Å². The number of carbonyl (C=O) groups excluding carboxylic acids is 1. The lowest BCUT2D eigenvalue weighted by molar-refractivity contribution is -0.274. The van der Waals surface area contributed by atoms with E-state index >= 15 is 0 Å². The van der Waals surface area contributed by atoms with E-state index in [9.17, 15) is 31.9 Å². The van der Waals surface area contributed by atoms with E-state index in [0.717, 1.165) is 27.0 Å². The number of rotatable bonds is 2. The lowest BCUT2D eigenvalue weighted by atomic mass is 9.77. The molecular weight excluding hydrogens is 466 g/mol. The lowest BCUT2D eigenvalue weighted by Gasteiger charge is -2.31. The number of alkyl halides is 3. The molecule has 4 nitrogen and oxygen atoms in total. The zero-order chi connectivity index (χ0) is 19.3. The van der Waals surface area contributed by atoms with Crippen LogP contribution >= 0.6 is 22.6 Å². The second-order valence-electron chi connectivity index (χ2n) is 5.91. The van der Waals surface area contributed by atoms with Crippen LogP contribution in [0.3, 0.4) is 0 Å². The van der Waals surface area contributed by atoms with E-state index in [2.05, 4.69) is 4.74 Å². The minimum Gasteiger partial charge on any atom is -0.505 e. The van der Waals surface area contributed by atoms with Crippen LogP contribution in [-0.2, 0) is 14.3 Å². The molecule has 1 heterocycles. The van der Waals surface area contributed by atoms with Crippen molar-refractivity contribution >= 4 is 28.6 Å². The molecule has 1 saturated heterocycles. The molecule has 0 bridgehead atoms. The van der Waals surface area contributed by atoms with Gasteiger partial charge in [0, 0.05) is 17.4 Å². The van der Waals surface area contributed by atoms with Crippen LogP contribution in [0.2, 0.25) is 0 Å². The quantitative estimate of drug-likeness (QED) is 0.302. The van der Waals surface area contributed by atoms with Crippen molar-refractivity contribution in [3.8, 4) is 5.75 Å². The Morgan fingerprint density at radius 1 is 1.36 bits per heavy atom. The Hall–Kier alpha value is -1.17. The summed E-state index contributed by atoms with van der Waals surface area (Å²) in [6.45, 7) is 1.92. The van der Waals surface area contributed by atoms with Crippen molar-refractivity contribution in [2.75, 3.05) is 7.11 Å². The lowest BCUT2D eigenvalue weighted by Crippen LogP contribution is -2.47. The minimum atomic E-state index is -4.84. The van der Waals surface area contributed by atoms with Crippen molar-refractivity contribution in [3.05, 3.63) is 26.8 Å². The molecule has 140 valence electrons. The molecule has 1 aromatic carbocycles. The molecule has 0 aliphatic carbocycles. The Morgan fingerprint density at radius 3 is 2.40 bits per heavy atom. The van der Waals surface area contributed by atoms with E-state index in [1.54, 1.807) is 0 Å². The molecule has 2 rings (SSSR count). The fourth-order valence-corrected chi connectivity index (χ4v) is 3.55. The first-order chi connectivity index (χ1) is 11.4. The molecule has 25 heavy (non-hydrogen) atoms. The highest BCUT2D eigenvalue weighted by atomic mass is 127. The standard InChI is InChI=1S/C15H14F5IO4/c1-5-8(6-4-7(21)9(16)10(17)11(6)22)12(13(23)24-3)25-14(5,2)15(18,19)20/h4-5,8,12,22H,1-3H3. The number of hydrogen-bond donors (Lipinski definition) is 1. The molecule has 1 aliphatic heterocycles. The average Bonchev–Trinajstić information content (AvgIpc) is 2.81. The topological polar surface area (TPSA) is 55.8 Å². The Balaban J connectivity index is 2.67. The van der Waals surface area contributed by atoms with Crippen LogP contribution in [0.15, 0.2) is 6.07 Å². The van der Waals surface area contributed by atoms with Crippen LogP contribution in [0.5, 0.6) is 5.75 Å². The van der Waals surface area contributed by atoms with E-state index in [0.29, 0.717) is 0 Å². The number of phenolic OH excluding ortho intramolecular Hbond substituents is 1. The normalized spacial score (nSPS) is 29.7. The fourth-order valence-electron chi connectivity index (χ4n) is 2.98. The summed E-state index contributed by atoms with van der Waals surface area (Å²) in [6.07, 6.45) is -6.58. The van der Waals surface area contributed by atoms with Gasteiger partial charge >= 0.3 is 12.1 Å². The summed E-state index contributed by atoms with van der Waals surface area (Å²) in [4.78, 5) is 11.9. The number of ether oxygens (including phenoxy) is 2. The fraction of sp³-hybridized carbons (Fsp3) is 0.533. The number of benzene rings is 1. The Bertz CT molecular complexity index is 708. The summed E-state index contributed by atoms with van der Waals surface area (Å²) >= 11 is 1.44. The predicted octanol–water partition coefficient (Wildman–Crippen LogP) is 3.89. The van der Waals surface area contributed by atoms with Crippen molar-refractivity contribution in [2.45, 2.75) is 37.6 Å². The summed E-state index contributed by atoms with van der Waals surface area (Å²) in [5.74, 6) is -7.96. The van der Waals surface area contributed by atoms with Gasteiger partial charge in [-0.05, 0) is 35.6 Å². The third-order valence-corrected chi connectivity index (χ3v) is 5.41. The maximum Gasteiger partial charge on any atom is 0.417 e. The van der Waals surface area contributed by atoms with E-state index in [1.165, 1.54) is 22.6 Å². The Labute approximate surface area is 153 Å². The SMILES string of the molecule is COC(=O)C1OC(C)(C(F)(F)F)C(C)C1c1cc(I)c(F)c(F)c1O. The van der Waals surface area contributed by atoms with Crippen LogP contribution in [0.4, 0.5) is 22.0 Å². The van der Waals surface area contributed by atoms with E-state index in [-0.39, 0.29) is 9.13 Å². The summed E-state index contributed by atoms with van der Waals surface area (Å²) in [7, 11) is 0.964. The molecule has 1 aliphatic rings. The number of phenols is 1. The number of carbonyl (C=O) groups is 1. The molecule has 1 aromatic rings. The summed E-state index contributed by atoms with van der Waals surface area (Å²) in [6, 6.07) is 0.997. The van der Waals surface area contributed by atoms with Gasteiger partial charge < -0.3 is 14.6 Å². The van der Waals surface area contributed by atoms with Crippen molar-refractivity contribution in [1.82, 2.24) is 0 Å². The third kappa shape index (κ3) is 3.07. The molecule has 0 saturated carbocycles. The van der Waals surface area contributed by atoms with Crippen LogP contribution in [-0.4, -0.2) is 36.1 Å². The van der Waals surface area contributed by atoms with Crippen LogP contribution in [0, 0.1) is 21.1 Å². The molecule has 1 fully saturated rings. The van der Waals surface area contributed by atoms with Gasteiger partial charge in [0.2, 0.25) is 5.82 Å². The predicted molar refractivity (Wildman–Crippen MR) is 84.0 cm³/mol. The van der Waals surface area contributed by atoms with Gasteiger partial charge in [-0.25, -0.2) is 9.18 Å². The van der Waals surface area contributed by atoms with E-state index in [4.69, 9.17) is 4.74 Å². The largest absolute Gasteiger partial charge is 0.505 e. The Kier molecular flexibility index (Phi) is 5.26. The maximum absolute atomic E-state index is 13.9. The highest BCUT2D eigenvalue weighted by Gasteiger charge is 2.66. The summed E-state index contributed by atoms with van der Waals surface area (Å²) in [5, 5.41) is 9.92. The van der Waals surface area contributed by atoms with Crippen LogP contribution in [0.25, 0.3) is 0 Å². The molecular formula is C15H14F5IO4. The molecule has 0 radical (unpaired) electrons. The number of esters is 1. The van der Waals surface area contributed by atoms with E-state index < -0.39 is 53.1 Å².